The summed E-state index contributed by atoms with van der Waals surface area (Å²) in [6.45, 7) is 15.5. The molecule has 0 aromatic heterocycles. The summed E-state index contributed by atoms with van der Waals surface area (Å²) in [4.78, 5) is 15.1. The Labute approximate surface area is 129 Å². The summed E-state index contributed by atoms with van der Waals surface area (Å²) in [6, 6.07) is 0. The van der Waals surface area contributed by atoms with Crippen LogP contribution < -0.4 is 0 Å². The molecular formula is C18H29NO2. The molecular weight excluding hydrogens is 262 g/mol. The molecule has 0 unspecified atom stereocenters. The predicted molar refractivity (Wildman–Crippen MR) is 86.0 cm³/mol. The minimum absolute atomic E-state index is 0.0594. The van der Waals surface area contributed by atoms with Gasteiger partial charge in [-0.2, -0.15) is 0 Å². The Morgan fingerprint density at radius 3 is 2.76 bits per heavy atom. The van der Waals surface area contributed by atoms with Crippen LogP contribution in [0.25, 0.3) is 0 Å². The highest BCUT2D eigenvalue weighted by molar-refractivity contribution is 5.82. The van der Waals surface area contributed by atoms with E-state index in [2.05, 4.69) is 25.0 Å². The maximum Gasteiger partial charge on any atom is 0.317 e. The van der Waals surface area contributed by atoms with E-state index in [0.29, 0.717) is 6.61 Å². The molecule has 2 rings (SSSR count). The van der Waals surface area contributed by atoms with Crippen LogP contribution in [-0.4, -0.2) is 37.1 Å². The van der Waals surface area contributed by atoms with E-state index in [1.165, 1.54) is 0 Å². The van der Waals surface area contributed by atoms with Gasteiger partial charge in [0.15, 0.2) is 0 Å². The standard InChI is InChI=1S/C18H29NO2/c1-5-8-10-17-11-9-12-18(15(17)4,16(20)21-7-3)14-19(6-2)13-17/h5H,1,4,6-14H2,2-3H3/t17-,18-/m1/s1. The molecule has 1 saturated heterocycles. The topological polar surface area (TPSA) is 29.5 Å². The molecule has 118 valence electrons. The number of hydrogen-bond donors (Lipinski definition) is 0. The second-order valence-corrected chi connectivity index (χ2v) is 6.55. The van der Waals surface area contributed by atoms with E-state index in [1.54, 1.807) is 0 Å². The monoisotopic (exact) mass is 291 g/mol. The molecule has 2 aliphatic rings. The van der Waals surface area contributed by atoms with Crippen molar-refractivity contribution in [3.63, 3.8) is 0 Å². The van der Waals surface area contributed by atoms with Crippen molar-refractivity contribution in [3.8, 4) is 0 Å². The SMILES string of the molecule is C=CCC[C@@]12CCC[C@@](C(=O)OCC)(CN(CC)C1)C2=C. The number of esters is 1. The Balaban J connectivity index is 2.37. The number of ether oxygens (including phenoxy) is 1. The van der Waals surface area contributed by atoms with Crippen molar-refractivity contribution in [2.45, 2.75) is 46.0 Å². The van der Waals surface area contributed by atoms with Gasteiger partial charge in [0, 0.05) is 18.5 Å². The Kier molecular flexibility index (Phi) is 4.92. The van der Waals surface area contributed by atoms with E-state index in [9.17, 15) is 4.79 Å². The Bertz CT molecular complexity index is 431. The average Bonchev–Trinajstić information content (AvgIpc) is 2.46. The van der Waals surface area contributed by atoms with Crippen LogP contribution in [0.15, 0.2) is 24.8 Å². The zero-order valence-corrected chi connectivity index (χ0v) is 13.6. The fourth-order valence-electron chi connectivity index (χ4n) is 4.27. The van der Waals surface area contributed by atoms with Crippen LogP contribution >= 0.6 is 0 Å². The number of nitrogens with zero attached hydrogens (tertiary/aromatic N) is 1. The molecule has 2 fully saturated rings. The second kappa shape index (κ2) is 6.35. The maximum atomic E-state index is 12.7. The van der Waals surface area contributed by atoms with E-state index in [4.69, 9.17) is 4.74 Å². The first-order valence-corrected chi connectivity index (χ1v) is 8.25. The third-order valence-corrected chi connectivity index (χ3v) is 5.44. The molecule has 3 heteroatoms. The quantitative estimate of drug-likeness (QED) is 0.553. The third-order valence-electron chi connectivity index (χ3n) is 5.44. The predicted octanol–water partition coefficient (Wildman–Crippen LogP) is 3.56. The lowest BCUT2D eigenvalue weighted by Crippen LogP contribution is -2.59. The van der Waals surface area contributed by atoms with Crippen molar-refractivity contribution in [2.75, 3.05) is 26.2 Å². The lowest BCUT2D eigenvalue weighted by Gasteiger charge is -2.56. The van der Waals surface area contributed by atoms with Gasteiger partial charge in [0.25, 0.3) is 0 Å². The zero-order chi connectivity index (χ0) is 15.5. The molecule has 1 saturated carbocycles. The lowest BCUT2D eigenvalue weighted by molar-refractivity contribution is -0.160. The summed E-state index contributed by atoms with van der Waals surface area (Å²) in [5.74, 6) is -0.0594. The molecule has 21 heavy (non-hydrogen) atoms. The minimum Gasteiger partial charge on any atom is -0.465 e. The van der Waals surface area contributed by atoms with Crippen molar-refractivity contribution < 1.29 is 9.53 Å². The van der Waals surface area contributed by atoms with E-state index >= 15 is 0 Å². The normalized spacial score (nSPS) is 32.8. The largest absolute Gasteiger partial charge is 0.465 e. The zero-order valence-electron chi connectivity index (χ0n) is 13.6. The van der Waals surface area contributed by atoms with Crippen molar-refractivity contribution in [1.82, 2.24) is 4.90 Å². The fourth-order valence-corrected chi connectivity index (χ4v) is 4.27. The molecule has 1 heterocycles. The van der Waals surface area contributed by atoms with E-state index in [0.717, 1.165) is 57.3 Å². The van der Waals surface area contributed by atoms with E-state index in [-0.39, 0.29) is 11.4 Å². The van der Waals surface area contributed by atoms with Gasteiger partial charge in [-0.1, -0.05) is 31.6 Å². The first kappa shape index (κ1) is 16.3. The van der Waals surface area contributed by atoms with Gasteiger partial charge < -0.3 is 9.64 Å². The first-order chi connectivity index (χ1) is 10.0. The van der Waals surface area contributed by atoms with Gasteiger partial charge in [0.05, 0.1) is 6.61 Å². The summed E-state index contributed by atoms with van der Waals surface area (Å²) in [5.41, 5.74) is 0.711. The molecule has 3 nitrogen and oxygen atoms in total. The smallest absolute Gasteiger partial charge is 0.317 e. The minimum atomic E-state index is -0.482. The van der Waals surface area contributed by atoms with E-state index < -0.39 is 5.41 Å². The summed E-state index contributed by atoms with van der Waals surface area (Å²) < 4.78 is 5.42. The number of fused-ring (bicyclic) bond motifs is 2. The van der Waals surface area contributed by atoms with Gasteiger partial charge in [0.2, 0.25) is 0 Å². The van der Waals surface area contributed by atoms with Gasteiger partial charge in [-0.15, -0.1) is 6.58 Å². The number of carbonyl (C=O) groups is 1. The number of piperidine rings is 1. The fraction of sp³-hybridized carbons (Fsp3) is 0.722. The number of rotatable bonds is 6. The highest BCUT2D eigenvalue weighted by Gasteiger charge is 2.57. The number of hydrogen-bond acceptors (Lipinski definition) is 3. The van der Waals surface area contributed by atoms with E-state index in [1.807, 2.05) is 13.0 Å². The maximum absolute atomic E-state index is 12.7. The number of carbonyl (C=O) groups excluding carboxylic acids is 1. The van der Waals surface area contributed by atoms with Crippen LogP contribution in [0.4, 0.5) is 0 Å². The molecule has 2 atom stereocenters. The van der Waals surface area contributed by atoms with Crippen LogP contribution in [0.1, 0.15) is 46.0 Å². The van der Waals surface area contributed by atoms with Crippen molar-refractivity contribution in [3.05, 3.63) is 24.8 Å². The Morgan fingerprint density at radius 2 is 2.14 bits per heavy atom. The summed E-state index contributed by atoms with van der Waals surface area (Å²) in [5, 5.41) is 0. The molecule has 1 aliphatic heterocycles. The average molecular weight is 291 g/mol. The third kappa shape index (κ3) is 2.68. The molecule has 0 N–H and O–H groups in total. The van der Waals surface area contributed by atoms with Gasteiger partial charge in [0.1, 0.15) is 5.41 Å². The van der Waals surface area contributed by atoms with Crippen LogP contribution in [0.5, 0.6) is 0 Å². The summed E-state index contributed by atoms with van der Waals surface area (Å²) >= 11 is 0. The second-order valence-electron chi connectivity index (χ2n) is 6.55. The Hall–Kier alpha value is -1.09. The van der Waals surface area contributed by atoms with Crippen LogP contribution in [0.3, 0.4) is 0 Å². The van der Waals surface area contributed by atoms with Crippen LogP contribution in [-0.2, 0) is 9.53 Å². The van der Waals surface area contributed by atoms with Gasteiger partial charge in [-0.3, -0.25) is 4.79 Å². The lowest BCUT2D eigenvalue weighted by atomic mass is 9.54. The molecule has 0 aromatic rings. The van der Waals surface area contributed by atoms with Crippen molar-refractivity contribution in [2.24, 2.45) is 10.8 Å². The summed E-state index contributed by atoms with van der Waals surface area (Å²) in [7, 11) is 0. The van der Waals surface area contributed by atoms with Crippen LogP contribution in [0.2, 0.25) is 0 Å². The molecule has 0 spiro atoms. The van der Waals surface area contributed by atoms with Crippen molar-refractivity contribution >= 4 is 5.97 Å². The Morgan fingerprint density at radius 1 is 1.38 bits per heavy atom. The molecule has 2 bridgehead atoms. The highest BCUT2D eigenvalue weighted by Crippen LogP contribution is 2.56. The van der Waals surface area contributed by atoms with Gasteiger partial charge in [-0.05, 0) is 39.2 Å². The number of likely N-dealkylation sites (tertiary alicyclic amines) is 1. The molecule has 0 amide bonds. The summed E-state index contributed by atoms with van der Waals surface area (Å²) in [6.07, 6.45) is 7.12. The van der Waals surface area contributed by atoms with Gasteiger partial charge in [-0.25, -0.2) is 0 Å². The molecule has 0 aromatic carbocycles. The molecule has 0 radical (unpaired) electrons. The number of allylic oxidation sites excluding steroid dienone is 1. The van der Waals surface area contributed by atoms with Crippen molar-refractivity contribution in [1.29, 1.82) is 0 Å². The van der Waals surface area contributed by atoms with Crippen LogP contribution in [0, 0.1) is 10.8 Å². The highest BCUT2D eigenvalue weighted by atomic mass is 16.5. The molecule has 1 aliphatic carbocycles. The van der Waals surface area contributed by atoms with Gasteiger partial charge >= 0.3 is 5.97 Å². The first-order valence-electron chi connectivity index (χ1n) is 8.25.